The third-order valence-electron chi connectivity index (χ3n) is 4.68. The number of benzene rings is 1. The van der Waals surface area contributed by atoms with Gasteiger partial charge in [0.15, 0.2) is 0 Å². The molecule has 0 saturated carbocycles. The fraction of sp³-hybridized carbons (Fsp3) is 0.389. The van der Waals surface area contributed by atoms with Crippen LogP contribution in [0.25, 0.3) is 0 Å². The summed E-state index contributed by atoms with van der Waals surface area (Å²) in [6.45, 7) is 2.62. The van der Waals surface area contributed by atoms with Crippen LogP contribution in [0.3, 0.4) is 0 Å². The van der Waals surface area contributed by atoms with Gasteiger partial charge in [0.05, 0.1) is 41.0 Å². The molecule has 1 aliphatic rings. The van der Waals surface area contributed by atoms with Gasteiger partial charge in [-0.2, -0.15) is 9.57 Å². The van der Waals surface area contributed by atoms with E-state index < -0.39 is 10.0 Å². The topological polar surface area (TPSA) is 108 Å². The van der Waals surface area contributed by atoms with E-state index in [1.165, 1.54) is 16.4 Å². The Morgan fingerprint density at radius 1 is 1.41 bits per heavy atom. The Labute approximate surface area is 158 Å². The molecule has 0 atom stereocenters. The average molecular weight is 387 g/mol. The van der Waals surface area contributed by atoms with Gasteiger partial charge >= 0.3 is 0 Å². The number of carbonyl (C=O) groups is 1. The lowest BCUT2D eigenvalue weighted by Crippen LogP contribution is -2.36. The zero-order valence-electron chi connectivity index (χ0n) is 15.3. The van der Waals surface area contributed by atoms with Crippen molar-refractivity contribution in [3.05, 3.63) is 47.0 Å². The van der Waals surface area contributed by atoms with Gasteiger partial charge in [0.25, 0.3) is 0 Å². The molecule has 1 amide bonds. The van der Waals surface area contributed by atoms with Gasteiger partial charge in [0, 0.05) is 26.4 Å². The predicted molar refractivity (Wildman–Crippen MR) is 97.8 cm³/mol. The van der Waals surface area contributed by atoms with E-state index in [0.29, 0.717) is 37.3 Å². The Kier molecular flexibility index (Phi) is 5.30. The quantitative estimate of drug-likeness (QED) is 0.825. The first-order valence-electron chi connectivity index (χ1n) is 8.67. The molecule has 1 N–H and O–H groups in total. The van der Waals surface area contributed by atoms with Gasteiger partial charge in [0.1, 0.15) is 5.82 Å². The maximum atomic E-state index is 13.0. The van der Waals surface area contributed by atoms with Crippen molar-refractivity contribution in [1.82, 2.24) is 19.2 Å². The number of sulfonamides is 1. The maximum Gasteiger partial charge on any atom is 0.243 e. The van der Waals surface area contributed by atoms with Gasteiger partial charge in [0.2, 0.25) is 15.9 Å². The lowest BCUT2D eigenvalue weighted by atomic mass is 10.2. The summed E-state index contributed by atoms with van der Waals surface area (Å²) in [6.07, 6.45) is 0.903. The van der Waals surface area contributed by atoms with Gasteiger partial charge in [-0.1, -0.05) is 13.0 Å². The highest BCUT2D eigenvalue weighted by molar-refractivity contribution is 7.89. The number of hydrogen-bond donors (Lipinski definition) is 1. The summed E-state index contributed by atoms with van der Waals surface area (Å²) >= 11 is 0. The highest BCUT2D eigenvalue weighted by atomic mass is 32.2. The molecule has 1 aliphatic heterocycles. The molecule has 0 radical (unpaired) electrons. The molecule has 1 aromatic heterocycles. The summed E-state index contributed by atoms with van der Waals surface area (Å²) in [6, 6.07) is 8.00. The standard InChI is InChI=1S/C18H21N5O3S/c1-3-18(24)20-11-17-21-15-7-8-23(12-16(15)22(17)2)27(25,26)14-6-4-5-13(9-14)10-19/h4-6,9H,3,7-8,11-12H2,1-2H3,(H,20,24). The lowest BCUT2D eigenvalue weighted by molar-refractivity contribution is -0.120. The molecule has 2 heterocycles. The molecule has 9 heteroatoms. The minimum absolute atomic E-state index is 0.0578. The van der Waals surface area contributed by atoms with Crippen LogP contribution in [-0.2, 0) is 41.4 Å². The van der Waals surface area contributed by atoms with E-state index >= 15 is 0 Å². The van der Waals surface area contributed by atoms with E-state index in [0.717, 1.165) is 11.4 Å². The number of nitriles is 1. The number of nitrogens with one attached hydrogen (secondary N) is 1. The number of aromatic nitrogens is 2. The number of imidazole rings is 1. The number of nitrogens with zero attached hydrogens (tertiary/aromatic N) is 4. The van der Waals surface area contributed by atoms with Crippen LogP contribution in [0.4, 0.5) is 0 Å². The number of rotatable bonds is 5. The summed E-state index contributed by atoms with van der Waals surface area (Å²) in [4.78, 5) is 16.1. The molecule has 142 valence electrons. The fourth-order valence-corrected chi connectivity index (χ4v) is 4.51. The van der Waals surface area contributed by atoms with Gasteiger partial charge in [-0.3, -0.25) is 4.79 Å². The van der Waals surface area contributed by atoms with Crippen LogP contribution in [0, 0.1) is 11.3 Å². The zero-order chi connectivity index (χ0) is 19.6. The van der Waals surface area contributed by atoms with Crippen molar-refractivity contribution >= 4 is 15.9 Å². The van der Waals surface area contributed by atoms with Gasteiger partial charge in [-0.05, 0) is 18.2 Å². The average Bonchev–Trinajstić information content (AvgIpc) is 3.01. The molecule has 0 unspecified atom stereocenters. The molecule has 3 rings (SSSR count). The number of amides is 1. The van der Waals surface area contributed by atoms with Crippen LogP contribution in [0.2, 0.25) is 0 Å². The van der Waals surface area contributed by atoms with E-state index in [1.807, 2.05) is 17.7 Å². The van der Waals surface area contributed by atoms with Crippen molar-refractivity contribution in [3.63, 3.8) is 0 Å². The lowest BCUT2D eigenvalue weighted by Gasteiger charge is -2.26. The second-order valence-corrected chi connectivity index (χ2v) is 8.28. The molecule has 8 nitrogen and oxygen atoms in total. The first-order valence-corrected chi connectivity index (χ1v) is 10.1. The maximum absolute atomic E-state index is 13.0. The molecular formula is C18H21N5O3S. The normalized spacial score (nSPS) is 14.4. The molecule has 0 spiro atoms. The summed E-state index contributed by atoms with van der Waals surface area (Å²) in [7, 11) is -1.88. The summed E-state index contributed by atoms with van der Waals surface area (Å²) in [5.74, 6) is 0.644. The van der Waals surface area contributed by atoms with Crippen molar-refractivity contribution in [2.24, 2.45) is 7.05 Å². The van der Waals surface area contributed by atoms with Crippen LogP contribution in [0.1, 0.15) is 36.1 Å². The molecule has 2 aromatic rings. The van der Waals surface area contributed by atoms with Gasteiger partial charge in [-0.15, -0.1) is 0 Å². The Morgan fingerprint density at radius 3 is 2.89 bits per heavy atom. The van der Waals surface area contributed by atoms with Crippen LogP contribution in [0.5, 0.6) is 0 Å². The monoisotopic (exact) mass is 387 g/mol. The summed E-state index contributed by atoms with van der Waals surface area (Å²) in [5, 5.41) is 11.8. The Bertz CT molecular complexity index is 1020. The number of carbonyl (C=O) groups excluding carboxylic acids is 1. The minimum atomic E-state index is -3.70. The molecule has 0 aliphatic carbocycles. The second-order valence-electron chi connectivity index (χ2n) is 6.34. The molecule has 1 aromatic carbocycles. The first kappa shape index (κ1) is 19.1. The third kappa shape index (κ3) is 3.72. The minimum Gasteiger partial charge on any atom is -0.349 e. The molecule has 0 saturated heterocycles. The van der Waals surface area contributed by atoms with Crippen LogP contribution >= 0.6 is 0 Å². The molecule has 0 fully saturated rings. The molecule has 27 heavy (non-hydrogen) atoms. The zero-order valence-corrected chi connectivity index (χ0v) is 16.1. The smallest absolute Gasteiger partial charge is 0.243 e. The van der Waals surface area contributed by atoms with Crippen LogP contribution < -0.4 is 5.32 Å². The Balaban J connectivity index is 1.84. The van der Waals surface area contributed by atoms with E-state index in [9.17, 15) is 13.2 Å². The largest absolute Gasteiger partial charge is 0.349 e. The number of fused-ring (bicyclic) bond motifs is 1. The third-order valence-corrected chi connectivity index (χ3v) is 6.52. The van der Waals surface area contributed by atoms with E-state index in [4.69, 9.17) is 5.26 Å². The predicted octanol–water partition coefficient (Wildman–Crippen LogP) is 1.06. The van der Waals surface area contributed by atoms with Crippen molar-refractivity contribution in [1.29, 1.82) is 5.26 Å². The molecule has 0 bridgehead atoms. The molecular weight excluding hydrogens is 366 g/mol. The van der Waals surface area contributed by atoms with Crippen LogP contribution in [-0.4, -0.2) is 34.7 Å². The Hall–Kier alpha value is -2.70. The van der Waals surface area contributed by atoms with E-state index in [1.54, 1.807) is 19.1 Å². The van der Waals surface area contributed by atoms with Crippen molar-refractivity contribution < 1.29 is 13.2 Å². The van der Waals surface area contributed by atoms with Crippen molar-refractivity contribution in [3.8, 4) is 6.07 Å². The van der Waals surface area contributed by atoms with Gasteiger partial charge in [-0.25, -0.2) is 13.4 Å². The second kappa shape index (κ2) is 7.50. The Morgan fingerprint density at radius 2 is 2.19 bits per heavy atom. The van der Waals surface area contributed by atoms with E-state index in [-0.39, 0.29) is 17.3 Å². The highest BCUT2D eigenvalue weighted by Gasteiger charge is 2.31. The SMILES string of the molecule is CCC(=O)NCc1nc2c(n1C)CN(S(=O)(=O)c1cccc(C#N)c1)CC2. The van der Waals surface area contributed by atoms with Crippen LogP contribution in [0.15, 0.2) is 29.2 Å². The van der Waals surface area contributed by atoms with E-state index in [2.05, 4.69) is 10.3 Å². The fourth-order valence-electron chi connectivity index (χ4n) is 3.06. The first-order chi connectivity index (χ1) is 12.9. The summed E-state index contributed by atoms with van der Waals surface area (Å²) in [5.41, 5.74) is 1.99. The highest BCUT2D eigenvalue weighted by Crippen LogP contribution is 2.25. The van der Waals surface area contributed by atoms with Crippen molar-refractivity contribution in [2.75, 3.05) is 6.54 Å². The van der Waals surface area contributed by atoms with Crippen molar-refractivity contribution in [2.45, 2.75) is 37.8 Å². The number of hydrogen-bond acceptors (Lipinski definition) is 5. The summed E-state index contributed by atoms with van der Waals surface area (Å²) < 4.78 is 29.2. The van der Waals surface area contributed by atoms with Gasteiger partial charge < -0.3 is 9.88 Å².